The molecule has 4 aromatic rings. The van der Waals surface area contributed by atoms with Crippen LogP contribution in [0.2, 0.25) is 5.02 Å². The van der Waals surface area contributed by atoms with E-state index in [1.54, 1.807) is 10.9 Å². The van der Waals surface area contributed by atoms with Gasteiger partial charge in [0.15, 0.2) is 0 Å². The van der Waals surface area contributed by atoms with Crippen LogP contribution in [0.5, 0.6) is 5.75 Å². The third-order valence-corrected chi connectivity index (χ3v) is 9.05. The molecule has 1 aliphatic rings. The summed E-state index contributed by atoms with van der Waals surface area (Å²) >= 11 is 6.37. The highest BCUT2D eigenvalue weighted by molar-refractivity contribution is 7.85. The zero-order valence-electron chi connectivity index (χ0n) is 25.2. The van der Waals surface area contributed by atoms with E-state index in [1.165, 1.54) is 17.7 Å². The number of fused-ring (bicyclic) bond motifs is 1. The predicted molar refractivity (Wildman–Crippen MR) is 174 cm³/mol. The molecule has 5 rings (SSSR count). The van der Waals surface area contributed by atoms with Gasteiger partial charge >= 0.3 is 0 Å². The van der Waals surface area contributed by atoms with Crippen LogP contribution in [-0.4, -0.2) is 54.1 Å². The van der Waals surface area contributed by atoms with Gasteiger partial charge in [-0.15, -0.1) is 0 Å². The average molecular weight is 655 g/mol. The van der Waals surface area contributed by atoms with E-state index >= 15 is 0 Å². The quantitative estimate of drug-likeness (QED) is 0.133. The van der Waals surface area contributed by atoms with Crippen molar-refractivity contribution in [2.75, 3.05) is 35.7 Å². The lowest BCUT2D eigenvalue weighted by atomic mass is 9.93. The SMILES string of the molecule is Cc1cccc(OCCCC(=O)N2CCCc3c(-c4cnn(Cc5c(F)cc(NCCS(=O)(=O)O)cc5Cl)c4)cccc32)c1C. The number of benzene rings is 3. The van der Waals surface area contributed by atoms with Crippen molar-refractivity contribution in [2.24, 2.45) is 0 Å². The number of halogens is 2. The van der Waals surface area contributed by atoms with Crippen LogP contribution in [0.1, 0.15) is 41.5 Å². The monoisotopic (exact) mass is 654 g/mol. The normalized spacial score (nSPS) is 13.0. The fraction of sp³-hybridized carbons (Fsp3) is 0.333. The Morgan fingerprint density at radius 3 is 2.76 bits per heavy atom. The molecule has 238 valence electrons. The van der Waals surface area contributed by atoms with Gasteiger partial charge in [0.2, 0.25) is 5.91 Å². The molecule has 9 nitrogen and oxygen atoms in total. The van der Waals surface area contributed by atoms with Gasteiger partial charge in [-0.3, -0.25) is 14.0 Å². The van der Waals surface area contributed by atoms with Gasteiger partial charge in [0.05, 0.1) is 30.1 Å². The largest absolute Gasteiger partial charge is 0.493 e. The Morgan fingerprint density at radius 2 is 1.98 bits per heavy atom. The van der Waals surface area contributed by atoms with Gasteiger partial charge in [-0.25, -0.2) is 4.39 Å². The first-order valence-corrected chi connectivity index (χ1v) is 16.8. The van der Waals surface area contributed by atoms with Crippen molar-refractivity contribution in [3.63, 3.8) is 0 Å². The van der Waals surface area contributed by atoms with Crippen LogP contribution in [0, 0.1) is 19.7 Å². The van der Waals surface area contributed by atoms with Gasteiger partial charge in [0.25, 0.3) is 10.1 Å². The van der Waals surface area contributed by atoms with Crippen molar-refractivity contribution in [3.8, 4) is 16.9 Å². The van der Waals surface area contributed by atoms with E-state index < -0.39 is 21.7 Å². The number of nitrogens with one attached hydrogen (secondary N) is 1. The number of rotatable bonds is 12. The third kappa shape index (κ3) is 8.02. The van der Waals surface area contributed by atoms with Gasteiger partial charge in [0.1, 0.15) is 11.6 Å². The number of anilines is 2. The van der Waals surface area contributed by atoms with Crippen LogP contribution in [0.4, 0.5) is 15.8 Å². The van der Waals surface area contributed by atoms with Gasteiger partial charge in [-0.05, 0) is 79.6 Å². The van der Waals surface area contributed by atoms with E-state index in [1.807, 2.05) is 61.3 Å². The minimum atomic E-state index is -4.14. The molecule has 12 heteroatoms. The van der Waals surface area contributed by atoms with Crippen LogP contribution in [-0.2, 0) is 27.9 Å². The lowest BCUT2D eigenvalue weighted by molar-refractivity contribution is -0.118. The Hall–Kier alpha value is -3.93. The summed E-state index contributed by atoms with van der Waals surface area (Å²) < 4.78 is 53.3. The number of hydrogen-bond acceptors (Lipinski definition) is 6. The minimum Gasteiger partial charge on any atom is -0.493 e. The van der Waals surface area contributed by atoms with E-state index in [4.69, 9.17) is 20.9 Å². The minimum absolute atomic E-state index is 0.0643. The molecule has 0 spiro atoms. The number of carbonyl (C=O) groups excluding carboxylic acids is 1. The van der Waals surface area contributed by atoms with Crippen molar-refractivity contribution >= 4 is 39.0 Å². The first-order chi connectivity index (χ1) is 21.5. The Bertz CT molecular complexity index is 1790. The molecule has 0 aliphatic carbocycles. The molecule has 0 radical (unpaired) electrons. The third-order valence-electron chi connectivity index (χ3n) is 7.99. The second-order valence-electron chi connectivity index (χ2n) is 11.2. The summed E-state index contributed by atoms with van der Waals surface area (Å²) in [4.78, 5) is 15.2. The van der Waals surface area contributed by atoms with Gasteiger partial charge < -0.3 is 15.0 Å². The Balaban J connectivity index is 1.24. The van der Waals surface area contributed by atoms with Crippen molar-refractivity contribution < 1.29 is 26.9 Å². The number of aromatic nitrogens is 2. The van der Waals surface area contributed by atoms with Gasteiger partial charge in [-0.1, -0.05) is 35.9 Å². The summed E-state index contributed by atoms with van der Waals surface area (Å²) in [5.74, 6) is -0.166. The molecule has 0 saturated heterocycles. The summed E-state index contributed by atoms with van der Waals surface area (Å²) in [7, 11) is -4.14. The Labute approximate surface area is 267 Å². The van der Waals surface area contributed by atoms with E-state index in [9.17, 15) is 17.6 Å². The molecule has 0 saturated carbocycles. The fourth-order valence-corrected chi connectivity index (χ4v) is 6.13. The molecule has 1 aliphatic heterocycles. The molecule has 0 bridgehead atoms. The highest BCUT2D eigenvalue weighted by Crippen LogP contribution is 2.36. The van der Waals surface area contributed by atoms with Gasteiger partial charge in [0, 0.05) is 48.2 Å². The molecular formula is C33H36ClFN4O5S. The molecule has 0 unspecified atom stereocenters. The number of ether oxygens (including phenoxy) is 1. The maximum Gasteiger partial charge on any atom is 0.266 e. The van der Waals surface area contributed by atoms with Crippen molar-refractivity contribution in [1.82, 2.24) is 9.78 Å². The highest BCUT2D eigenvalue weighted by atomic mass is 35.5. The number of aryl methyl sites for hydroxylation is 1. The standard InChI is InChI=1S/C33H36ClFN4O5S/c1-22-7-3-11-32(23(22)2)44-15-6-12-33(40)39-14-5-9-27-26(8-4-10-31(27)39)24-19-37-38(20-24)21-28-29(34)17-25(18-30(28)35)36-13-16-45(41,42)43/h3-4,7-8,10-11,17-20,36H,5-6,9,12-16,21H2,1-2H3,(H,41,42,43). The number of carbonyl (C=O) groups is 1. The molecule has 45 heavy (non-hydrogen) atoms. The maximum atomic E-state index is 15.0. The summed E-state index contributed by atoms with van der Waals surface area (Å²) in [6, 6.07) is 14.6. The van der Waals surface area contributed by atoms with E-state index in [0.29, 0.717) is 31.7 Å². The van der Waals surface area contributed by atoms with E-state index in [2.05, 4.69) is 10.4 Å². The van der Waals surface area contributed by atoms with Crippen LogP contribution in [0.25, 0.3) is 11.1 Å². The summed E-state index contributed by atoms with van der Waals surface area (Å²) in [5.41, 5.74) is 6.62. The molecule has 1 aromatic heterocycles. The number of amides is 1. The second-order valence-corrected chi connectivity index (χ2v) is 13.1. The van der Waals surface area contributed by atoms with Crippen molar-refractivity contribution in [1.29, 1.82) is 0 Å². The second kappa shape index (κ2) is 14.0. The Kier molecular flexibility index (Phi) is 10.1. The van der Waals surface area contributed by atoms with E-state index in [-0.39, 0.29) is 29.6 Å². The molecular weight excluding hydrogens is 619 g/mol. The molecule has 2 heterocycles. The summed E-state index contributed by atoms with van der Waals surface area (Å²) in [6.45, 7) is 5.20. The van der Waals surface area contributed by atoms with Crippen molar-refractivity contribution in [3.05, 3.63) is 94.0 Å². The molecule has 2 N–H and O–H groups in total. The smallest absolute Gasteiger partial charge is 0.266 e. The topological polar surface area (TPSA) is 114 Å². The van der Waals surface area contributed by atoms with Crippen LogP contribution >= 0.6 is 11.6 Å². The summed E-state index contributed by atoms with van der Waals surface area (Å²) in [6.07, 6.45) is 6.21. The number of nitrogens with zero attached hydrogens (tertiary/aromatic N) is 3. The lowest BCUT2D eigenvalue weighted by Gasteiger charge is -2.31. The fourth-order valence-electron chi connectivity index (χ4n) is 5.51. The average Bonchev–Trinajstić information content (AvgIpc) is 3.46. The molecule has 0 fully saturated rings. The van der Waals surface area contributed by atoms with Crippen LogP contribution < -0.4 is 15.0 Å². The Morgan fingerprint density at radius 1 is 1.18 bits per heavy atom. The number of hydrogen-bond donors (Lipinski definition) is 2. The predicted octanol–water partition coefficient (Wildman–Crippen LogP) is 6.45. The zero-order valence-corrected chi connectivity index (χ0v) is 26.8. The first-order valence-electron chi connectivity index (χ1n) is 14.8. The van der Waals surface area contributed by atoms with Gasteiger partial charge in [-0.2, -0.15) is 13.5 Å². The van der Waals surface area contributed by atoms with Crippen LogP contribution in [0.3, 0.4) is 0 Å². The molecule has 1 amide bonds. The molecule has 3 aromatic carbocycles. The molecule has 0 atom stereocenters. The highest BCUT2D eigenvalue weighted by Gasteiger charge is 2.25. The summed E-state index contributed by atoms with van der Waals surface area (Å²) in [5, 5.41) is 7.35. The van der Waals surface area contributed by atoms with Crippen LogP contribution in [0.15, 0.2) is 60.9 Å². The lowest BCUT2D eigenvalue weighted by Crippen LogP contribution is -2.35. The zero-order chi connectivity index (χ0) is 32.1. The van der Waals surface area contributed by atoms with E-state index in [0.717, 1.165) is 46.5 Å². The maximum absolute atomic E-state index is 15.0. The van der Waals surface area contributed by atoms with Crippen molar-refractivity contribution in [2.45, 2.75) is 46.1 Å². The first kappa shape index (κ1) is 32.5.